The first-order chi connectivity index (χ1) is 13.7. The third kappa shape index (κ3) is 1.83. The lowest BCUT2D eigenvalue weighted by molar-refractivity contribution is 0.924. The van der Waals surface area contributed by atoms with E-state index in [1.54, 1.807) is 12.1 Å². The van der Waals surface area contributed by atoms with Crippen LogP contribution in [0.15, 0.2) is 70.3 Å². The van der Waals surface area contributed by atoms with Crippen molar-refractivity contribution in [3.63, 3.8) is 0 Å². The highest BCUT2D eigenvalue weighted by molar-refractivity contribution is 6.22. The predicted octanol–water partition coefficient (Wildman–Crippen LogP) is 5.10. The van der Waals surface area contributed by atoms with E-state index < -0.39 is 0 Å². The van der Waals surface area contributed by atoms with E-state index in [2.05, 4.69) is 35.6 Å². The first kappa shape index (κ1) is 15.6. The Balaban J connectivity index is 2.02. The maximum Gasteiger partial charge on any atom is 0.190 e. The first-order valence-corrected chi connectivity index (χ1v) is 9.69. The van der Waals surface area contributed by atoms with Crippen LogP contribution in [0.25, 0.3) is 48.9 Å². The van der Waals surface area contributed by atoms with Gasteiger partial charge in [-0.2, -0.15) is 0 Å². The van der Waals surface area contributed by atoms with Crippen molar-refractivity contribution in [3.8, 4) is 0 Å². The quantitative estimate of drug-likeness (QED) is 0.317. The highest BCUT2D eigenvalue weighted by Gasteiger charge is 2.18. The summed E-state index contributed by atoms with van der Waals surface area (Å²) in [6.45, 7) is 2.10. The largest absolute Gasteiger partial charge is 0.307 e. The average molecular weight is 363 g/mol. The molecule has 3 heterocycles. The molecule has 0 unspecified atom stereocenters. The Hall–Kier alpha value is -3.46. The Labute approximate surface area is 160 Å². The smallest absolute Gasteiger partial charge is 0.190 e. The molecule has 134 valence electrons. The van der Waals surface area contributed by atoms with Crippen molar-refractivity contribution in [3.05, 3.63) is 86.7 Å². The lowest BCUT2D eigenvalue weighted by atomic mass is 9.96. The Morgan fingerprint density at radius 2 is 1.32 bits per heavy atom. The molecule has 0 radical (unpaired) electrons. The van der Waals surface area contributed by atoms with Crippen LogP contribution in [0.1, 0.15) is 18.9 Å². The van der Waals surface area contributed by atoms with Crippen LogP contribution in [0, 0.1) is 0 Å². The lowest BCUT2D eigenvalue weighted by Crippen LogP contribution is -2.13. The van der Waals surface area contributed by atoms with Gasteiger partial charge in [-0.3, -0.25) is 9.59 Å². The summed E-state index contributed by atoms with van der Waals surface area (Å²) in [5, 5.41) is 5.58. The second kappa shape index (κ2) is 5.29. The minimum Gasteiger partial charge on any atom is -0.307 e. The molecular formula is C25H17NO2. The molecule has 0 aliphatic carbocycles. The van der Waals surface area contributed by atoms with E-state index in [0.29, 0.717) is 10.8 Å². The van der Waals surface area contributed by atoms with Gasteiger partial charge in [0.05, 0.1) is 16.6 Å². The van der Waals surface area contributed by atoms with Gasteiger partial charge in [-0.05, 0) is 29.5 Å². The molecule has 6 rings (SSSR count). The molecule has 0 spiro atoms. The normalized spacial score (nSPS) is 12.3. The van der Waals surface area contributed by atoms with E-state index in [4.69, 9.17) is 0 Å². The van der Waals surface area contributed by atoms with E-state index in [9.17, 15) is 9.59 Å². The Morgan fingerprint density at radius 1 is 0.750 bits per heavy atom. The monoisotopic (exact) mass is 363 g/mol. The maximum absolute atomic E-state index is 13.1. The Kier molecular flexibility index (Phi) is 2.95. The zero-order valence-corrected chi connectivity index (χ0v) is 15.5. The van der Waals surface area contributed by atoms with Crippen molar-refractivity contribution in [2.45, 2.75) is 19.8 Å². The fourth-order valence-corrected chi connectivity index (χ4v) is 4.81. The predicted molar refractivity (Wildman–Crippen MR) is 116 cm³/mol. The van der Waals surface area contributed by atoms with Crippen LogP contribution in [-0.2, 0) is 6.42 Å². The van der Waals surface area contributed by atoms with Crippen molar-refractivity contribution >= 4 is 48.9 Å². The van der Waals surface area contributed by atoms with E-state index in [1.165, 1.54) is 0 Å². The summed E-state index contributed by atoms with van der Waals surface area (Å²) in [7, 11) is 0. The van der Waals surface area contributed by atoms with Crippen molar-refractivity contribution < 1.29 is 0 Å². The van der Waals surface area contributed by atoms with Gasteiger partial charge in [0, 0.05) is 39.1 Å². The second-order valence-electron chi connectivity index (χ2n) is 7.62. The Bertz CT molecular complexity index is 1550. The topological polar surface area (TPSA) is 38.5 Å². The number of pyridine rings is 3. The molecule has 0 atom stereocenters. The summed E-state index contributed by atoms with van der Waals surface area (Å²) in [5.41, 5.74) is 3.48. The van der Waals surface area contributed by atoms with Crippen molar-refractivity contribution in [2.75, 3.05) is 0 Å². The number of rotatable bonds is 2. The molecule has 0 amide bonds. The van der Waals surface area contributed by atoms with Gasteiger partial charge < -0.3 is 4.40 Å². The zero-order valence-electron chi connectivity index (χ0n) is 15.5. The number of hydrogen-bond donors (Lipinski definition) is 0. The van der Waals surface area contributed by atoms with Crippen LogP contribution in [0.4, 0.5) is 0 Å². The van der Waals surface area contributed by atoms with Gasteiger partial charge in [0.25, 0.3) is 0 Å². The van der Waals surface area contributed by atoms with Gasteiger partial charge in [0.2, 0.25) is 0 Å². The second-order valence-corrected chi connectivity index (χ2v) is 7.62. The van der Waals surface area contributed by atoms with Gasteiger partial charge in [-0.1, -0.05) is 49.7 Å². The standard InChI is InChI=1S/C25H17NO2/c1-2-5-14-10-18-22(27)12-20-16-8-3-6-15-7-4-9-17(24(15)16)21-13-23(28)19(11-14)25(18)26(20)21/h3-4,6-13H,2,5H2,1H3. The molecule has 0 N–H and O–H groups in total. The van der Waals surface area contributed by atoms with Crippen LogP contribution in [-0.4, -0.2) is 4.40 Å². The van der Waals surface area contributed by atoms with E-state index in [1.807, 2.05) is 24.3 Å². The fourth-order valence-electron chi connectivity index (χ4n) is 4.81. The highest BCUT2D eigenvalue weighted by Crippen LogP contribution is 2.35. The van der Waals surface area contributed by atoms with Gasteiger partial charge >= 0.3 is 0 Å². The van der Waals surface area contributed by atoms with E-state index in [-0.39, 0.29) is 10.9 Å². The van der Waals surface area contributed by atoms with Crippen molar-refractivity contribution in [2.24, 2.45) is 0 Å². The molecule has 0 bridgehead atoms. The summed E-state index contributed by atoms with van der Waals surface area (Å²) >= 11 is 0. The molecule has 3 aromatic carbocycles. The molecule has 3 heteroatoms. The third-order valence-electron chi connectivity index (χ3n) is 5.94. The molecule has 28 heavy (non-hydrogen) atoms. The molecule has 0 fully saturated rings. The number of hydrogen-bond acceptors (Lipinski definition) is 2. The van der Waals surface area contributed by atoms with Crippen LogP contribution >= 0.6 is 0 Å². The minimum absolute atomic E-state index is 0.0223. The molecular weight excluding hydrogens is 346 g/mol. The molecule has 6 aromatic rings. The number of aromatic nitrogens is 1. The average Bonchev–Trinajstić information content (AvgIpc) is 2.70. The number of fused-ring (bicyclic) bond motifs is 2. The number of benzene rings is 3. The highest BCUT2D eigenvalue weighted by atomic mass is 16.1. The molecule has 0 aliphatic rings. The van der Waals surface area contributed by atoms with Crippen LogP contribution in [0.3, 0.4) is 0 Å². The fraction of sp³-hybridized carbons (Fsp3) is 0.120. The van der Waals surface area contributed by atoms with Crippen LogP contribution in [0.5, 0.6) is 0 Å². The van der Waals surface area contributed by atoms with Gasteiger partial charge in [-0.15, -0.1) is 0 Å². The van der Waals surface area contributed by atoms with Crippen LogP contribution in [0.2, 0.25) is 0 Å². The summed E-state index contributed by atoms with van der Waals surface area (Å²) < 4.78 is 2.11. The molecule has 3 nitrogen and oxygen atoms in total. The number of nitrogens with zero attached hydrogens (tertiary/aromatic N) is 1. The van der Waals surface area contributed by atoms with Crippen molar-refractivity contribution in [1.82, 2.24) is 4.40 Å². The lowest BCUT2D eigenvalue weighted by Gasteiger charge is -2.18. The van der Waals surface area contributed by atoms with E-state index in [0.717, 1.165) is 56.5 Å². The summed E-state index contributed by atoms with van der Waals surface area (Å²) in [5.74, 6) is 0. The molecule has 0 saturated heterocycles. The van der Waals surface area contributed by atoms with E-state index >= 15 is 0 Å². The number of aryl methyl sites for hydroxylation is 1. The molecule has 0 saturated carbocycles. The minimum atomic E-state index is -0.0223. The third-order valence-corrected chi connectivity index (χ3v) is 5.94. The zero-order chi connectivity index (χ0) is 19.0. The SMILES string of the molecule is CCCc1cc2c(=O)cc3c4cccc5cccc(c54)c4cc(=O)c(c1)c2n34. The summed E-state index contributed by atoms with van der Waals surface area (Å²) in [4.78, 5) is 26.2. The summed E-state index contributed by atoms with van der Waals surface area (Å²) in [6, 6.07) is 19.7. The molecule has 0 aliphatic heterocycles. The maximum atomic E-state index is 13.1. The van der Waals surface area contributed by atoms with Gasteiger partial charge in [-0.25, -0.2) is 0 Å². The van der Waals surface area contributed by atoms with Crippen molar-refractivity contribution in [1.29, 1.82) is 0 Å². The summed E-state index contributed by atoms with van der Waals surface area (Å²) in [6.07, 6.45) is 1.83. The van der Waals surface area contributed by atoms with Gasteiger partial charge in [0.15, 0.2) is 10.9 Å². The first-order valence-electron chi connectivity index (χ1n) is 9.69. The van der Waals surface area contributed by atoms with Crippen LogP contribution < -0.4 is 10.9 Å². The molecule has 3 aromatic heterocycles. The Morgan fingerprint density at radius 3 is 1.86 bits per heavy atom. The van der Waals surface area contributed by atoms with Gasteiger partial charge in [0.1, 0.15) is 0 Å².